The van der Waals surface area contributed by atoms with Crippen molar-refractivity contribution >= 4 is 50.2 Å². The largest absolute Gasteiger partial charge is 0.494 e. The molecule has 4 aromatic rings. The zero-order valence-electron chi connectivity index (χ0n) is 24.0. The number of nitrogens with two attached hydrogens (primary N) is 1. The quantitative estimate of drug-likeness (QED) is 0.174. The van der Waals surface area contributed by atoms with Crippen LogP contribution in [0.15, 0.2) is 47.1 Å². The van der Waals surface area contributed by atoms with Crippen LogP contribution in [0.2, 0.25) is 5.02 Å². The first-order valence-corrected chi connectivity index (χ1v) is 14.9. The van der Waals surface area contributed by atoms with E-state index in [1.807, 2.05) is 0 Å². The number of ether oxygens (including phenoxy) is 2. The monoisotopic (exact) mass is 706 g/mol. The average molecular weight is 708 g/mol. The maximum Gasteiger partial charge on any atom is 0.251 e. The molecule has 2 aromatic heterocycles. The SMILES string of the molecule is CCOc1c(CC(N)=O)cc([C@@](O)(CNC(=O)c2cc(OC)c3ncc(Br)cc3c2)C2(F)CC2)nc1-c1cc(Cl)c(F)cc1F. The van der Waals surface area contributed by atoms with Gasteiger partial charge in [0.2, 0.25) is 5.91 Å². The lowest BCUT2D eigenvalue weighted by atomic mass is 9.88. The van der Waals surface area contributed by atoms with Gasteiger partial charge in [0.25, 0.3) is 5.91 Å². The summed E-state index contributed by atoms with van der Waals surface area (Å²) in [6.45, 7) is 1.01. The summed E-state index contributed by atoms with van der Waals surface area (Å²) in [5.74, 6) is -3.34. The van der Waals surface area contributed by atoms with Crippen LogP contribution in [0.4, 0.5) is 13.2 Å². The molecule has 1 saturated carbocycles. The van der Waals surface area contributed by atoms with Crippen molar-refractivity contribution in [1.82, 2.24) is 15.3 Å². The fourth-order valence-electron chi connectivity index (χ4n) is 5.10. The number of aliphatic hydroxyl groups is 1. The molecule has 0 spiro atoms. The molecule has 0 aliphatic heterocycles. The molecule has 45 heavy (non-hydrogen) atoms. The number of benzene rings is 2. The number of hydrogen-bond acceptors (Lipinski definition) is 7. The average Bonchev–Trinajstić information content (AvgIpc) is 3.76. The standard InChI is InChI=1S/C31H27BrClF3N4O5/c1-3-45-28-16(10-25(37)41)9-24(40-27(28)19-11-20(33)22(35)12-21(19)34)31(43,30(36)4-5-30)14-39-29(42)17-6-15-7-18(32)13-38-26(15)23(8-17)44-2/h6-9,11-13,43H,3-5,10,14H2,1-2H3,(H2,37,41)(H,39,42)/t31-/m0/s1. The Labute approximate surface area is 269 Å². The van der Waals surface area contributed by atoms with Crippen LogP contribution < -0.4 is 20.5 Å². The van der Waals surface area contributed by atoms with Gasteiger partial charge in [-0.25, -0.2) is 18.2 Å². The molecule has 2 heterocycles. The zero-order chi connectivity index (χ0) is 32.7. The van der Waals surface area contributed by atoms with Crippen molar-refractivity contribution in [2.45, 2.75) is 37.5 Å². The summed E-state index contributed by atoms with van der Waals surface area (Å²) in [7, 11) is 1.43. The molecule has 2 amide bonds. The Morgan fingerprint density at radius 2 is 1.91 bits per heavy atom. The highest BCUT2D eigenvalue weighted by Gasteiger charge is 2.62. The van der Waals surface area contributed by atoms with E-state index >= 15 is 8.78 Å². The molecule has 9 nitrogen and oxygen atoms in total. The van der Waals surface area contributed by atoms with Crippen molar-refractivity contribution in [2.24, 2.45) is 5.73 Å². The molecule has 1 aliphatic rings. The lowest BCUT2D eigenvalue weighted by Crippen LogP contribution is -2.49. The van der Waals surface area contributed by atoms with Gasteiger partial charge in [-0.15, -0.1) is 0 Å². The molecule has 0 bridgehead atoms. The van der Waals surface area contributed by atoms with Crippen LogP contribution in [0, 0.1) is 11.6 Å². The fourth-order valence-corrected chi connectivity index (χ4v) is 5.61. The molecule has 2 aromatic carbocycles. The van der Waals surface area contributed by atoms with E-state index in [2.05, 4.69) is 31.2 Å². The molecule has 14 heteroatoms. The van der Waals surface area contributed by atoms with Gasteiger partial charge in [0.1, 0.15) is 40.0 Å². The smallest absolute Gasteiger partial charge is 0.251 e. The number of halogens is 5. The van der Waals surface area contributed by atoms with E-state index in [0.29, 0.717) is 27.2 Å². The number of rotatable bonds is 11. The molecule has 1 aliphatic carbocycles. The minimum Gasteiger partial charge on any atom is -0.494 e. The van der Waals surface area contributed by atoms with Gasteiger partial charge in [-0.2, -0.15) is 0 Å². The van der Waals surface area contributed by atoms with Crippen molar-refractivity contribution < 1.29 is 37.3 Å². The van der Waals surface area contributed by atoms with Gasteiger partial charge >= 0.3 is 0 Å². The van der Waals surface area contributed by atoms with Crippen LogP contribution >= 0.6 is 27.5 Å². The van der Waals surface area contributed by atoms with Gasteiger partial charge in [0.15, 0.2) is 5.60 Å². The molecular weight excluding hydrogens is 681 g/mol. The van der Waals surface area contributed by atoms with E-state index in [1.54, 1.807) is 25.3 Å². The van der Waals surface area contributed by atoms with Gasteiger partial charge < -0.3 is 25.6 Å². The van der Waals surface area contributed by atoms with Crippen molar-refractivity contribution in [3.63, 3.8) is 0 Å². The predicted octanol–water partition coefficient (Wildman–Crippen LogP) is 5.55. The Morgan fingerprint density at radius 1 is 1.18 bits per heavy atom. The number of amides is 2. The summed E-state index contributed by atoms with van der Waals surface area (Å²) in [4.78, 5) is 34.1. The van der Waals surface area contributed by atoms with Gasteiger partial charge in [0, 0.05) is 38.8 Å². The first-order chi connectivity index (χ1) is 21.3. The number of nitrogens with one attached hydrogen (secondary N) is 1. The third kappa shape index (κ3) is 6.29. The van der Waals surface area contributed by atoms with E-state index in [4.69, 9.17) is 26.8 Å². The van der Waals surface area contributed by atoms with E-state index < -0.39 is 52.7 Å². The van der Waals surface area contributed by atoms with E-state index in [9.17, 15) is 19.1 Å². The van der Waals surface area contributed by atoms with Gasteiger partial charge in [-0.3, -0.25) is 14.6 Å². The van der Waals surface area contributed by atoms with Crippen LogP contribution in [-0.4, -0.2) is 52.8 Å². The van der Waals surface area contributed by atoms with Crippen LogP contribution in [0.3, 0.4) is 0 Å². The maximum absolute atomic E-state index is 16.1. The summed E-state index contributed by atoms with van der Waals surface area (Å²) >= 11 is 9.30. The molecule has 0 unspecified atom stereocenters. The van der Waals surface area contributed by atoms with Crippen molar-refractivity contribution in [3.8, 4) is 22.8 Å². The third-order valence-corrected chi connectivity index (χ3v) is 8.25. The summed E-state index contributed by atoms with van der Waals surface area (Å²) < 4.78 is 57.1. The second-order valence-corrected chi connectivity index (χ2v) is 11.9. The van der Waals surface area contributed by atoms with Crippen molar-refractivity contribution in [1.29, 1.82) is 0 Å². The number of nitrogens with zero attached hydrogens (tertiary/aromatic N) is 2. The number of aromatic nitrogens is 2. The Bertz CT molecular complexity index is 1840. The van der Waals surface area contributed by atoms with Crippen LogP contribution in [0.1, 0.15) is 41.4 Å². The first kappa shape index (κ1) is 32.5. The predicted molar refractivity (Wildman–Crippen MR) is 164 cm³/mol. The lowest BCUT2D eigenvalue weighted by molar-refractivity contribution is -0.117. The molecule has 0 saturated heterocycles. The van der Waals surface area contributed by atoms with Crippen molar-refractivity contribution in [3.05, 3.63) is 80.5 Å². The first-order valence-electron chi connectivity index (χ1n) is 13.7. The highest BCUT2D eigenvalue weighted by molar-refractivity contribution is 9.10. The number of hydrogen-bond donors (Lipinski definition) is 3. The van der Waals surface area contributed by atoms with Gasteiger partial charge in [0.05, 0.1) is 37.4 Å². The zero-order valence-corrected chi connectivity index (χ0v) is 26.4. The minimum atomic E-state index is -2.46. The number of pyridine rings is 2. The Morgan fingerprint density at radius 3 is 2.56 bits per heavy atom. The highest BCUT2D eigenvalue weighted by Crippen LogP contribution is 2.54. The normalized spacial score (nSPS) is 14.9. The van der Waals surface area contributed by atoms with Crippen LogP contribution in [0.5, 0.6) is 11.5 Å². The summed E-state index contributed by atoms with van der Waals surface area (Å²) in [5, 5.41) is 14.7. The van der Waals surface area contributed by atoms with Gasteiger partial charge in [-0.05, 0) is 66.0 Å². The number of fused-ring (bicyclic) bond motifs is 1. The fraction of sp³-hybridized carbons (Fsp3) is 0.290. The molecule has 5 rings (SSSR count). The summed E-state index contributed by atoms with van der Waals surface area (Å²) in [6, 6.07) is 7.51. The van der Waals surface area contributed by atoms with Crippen LogP contribution in [0.25, 0.3) is 22.2 Å². The summed E-state index contributed by atoms with van der Waals surface area (Å²) in [6.07, 6.45) is 0.984. The number of carbonyl (C=O) groups excluding carboxylic acids is 2. The topological polar surface area (TPSA) is 137 Å². The molecule has 4 N–H and O–H groups in total. The van der Waals surface area contributed by atoms with Gasteiger partial charge in [-0.1, -0.05) is 11.6 Å². The highest BCUT2D eigenvalue weighted by atomic mass is 79.9. The number of primary amides is 1. The number of alkyl halides is 1. The second-order valence-electron chi connectivity index (χ2n) is 10.6. The van der Waals surface area contributed by atoms with E-state index in [-0.39, 0.29) is 53.3 Å². The van der Waals surface area contributed by atoms with E-state index in [0.717, 1.165) is 6.07 Å². The molecule has 236 valence electrons. The lowest BCUT2D eigenvalue weighted by Gasteiger charge is -2.33. The second kappa shape index (κ2) is 12.5. The number of methoxy groups -OCH3 is 1. The third-order valence-electron chi connectivity index (χ3n) is 7.52. The molecular formula is C31H27BrClF3N4O5. The summed E-state index contributed by atoms with van der Waals surface area (Å²) in [5.41, 5.74) is 0.570. The maximum atomic E-state index is 16.1. The number of carbonyl (C=O) groups is 2. The Balaban J connectivity index is 1.61. The Kier molecular flexibility index (Phi) is 8.98. The molecule has 0 radical (unpaired) electrons. The van der Waals surface area contributed by atoms with Crippen LogP contribution in [-0.2, 0) is 16.8 Å². The molecule has 1 atom stereocenters. The molecule has 1 fully saturated rings. The van der Waals surface area contributed by atoms with E-state index in [1.165, 1.54) is 19.2 Å². The Hall–Kier alpha value is -3.94. The van der Waals surface area contributed by atoms with Crippen molar-refractivity contribution in [2.75, 3.05) is 20.3 Å². The minimum absolute atomic E-state index is 0.0466.